The van der Waals surface area contributed by atoms with Crippen molar-refractivity contribution in [2.75, 3.05) is 20.2 Å². The Labute approximate surface area is 134 Å². The van der Waals surface area contributed by atoms with Crippen LogP contribution in [0.25, 0.3) is 0 Å². The number of hydrogen-bond acceptors (Lipinski definition) is 5. The number of fused-ring (bicyclic) bond motifs is 1. The lowest BCUT2D eigenvalue weighted by atomic mass is 10.0. The van der Waals surface area contributed by atoms with E-state index < -0.39 is 11.9 Å². The summed E-state index contributed by atoms with van der Waals surface area (Å²) >= 11 is 0. The van der Waals surface area contributed by atoms with Crippen LogP contribution in [0.5, 0.6) is 5.75 Å². The quantitative estimate of drug-likeness (QED) is 0.592. The van der Waals surface area contributed by atoms with Gasteiger partial charge in [0.25, 0.3) is 5.91 Å². The van der Waals surface area contributed by atoms with Gasteiger partial charge in [0.1, 0.15) is 18.4 Å². The van der Waals surface area contributed by atoms with Crippen molar-refractivity contribution in [1.82, 2.24) is 15.5 Å². The van der Waals surface area contributed by atoms with Crippen LogP contribution >= 0.6 is 0 Å². The molecule has 0 bridgehead atoms. The third-order valence-corrected chi connectivity index (χ3v) is 4.15. The molecule has 7 nitrogen and oxygen atoms in total. The molecule has 0 spiro atoms. The number of likely N-dealkylation sites (N-methyl/N-ethyl adjacent to an activating group) is 1. The molecule has 2 aliphatic heterocycles. The third-order valence-electron chi connectivity index (χ3n) is 4.15. The topological polar surface area (TPSA) is 87.7 Å². The van der Waals surface area contributed by atoms with E-state index in [1.807, 2.05) is 13.1 Å². The summed E-state index contributed by atoms with van der Waals surface area (Å²) < 4.78 is 5.72. The highest BCUT2D eigenvalue weighted by atomic mass is 16.5. The van der Waals surface area contributed by atoms with E-state index in [2.05, 4.69) is 10.6 Å². The van der Waals surface area contributed by atoms with Crippen LogP contribution in [0.1, 0.15) is 28.8 Å². The number of carbonyl (C=O) groups excluding carboxylic acids is 3. The molecule has 0 saturated carbocycles. The number of imide groups is 1. The summed E-state index contributed by atoms with van der Waals surface area (Å²) in [6.45, 7) is 1.53. The SMILES string of the molecule is CNCCOc1cccc2c1CN(C1CCC(=O)NC1=O)C2=O. The van der Waals surface area contributed by atoms with Gasteiger partial charge in [0.15, 0.2) is 0 Å². The summed E-state index contributed by atoms with van der Waals surface area (Å²) in [6.07, 6.45) is 0.613. The molecule has 0 aliphatic carbocycles. The van der Waals surface area contributed by atoms with Gasteiger partial charge in [0.2, 0.25) is 11.8 Å². The third kappa shape index (κ3) is 2.92. The van der Waals surface area contributed by atoms with Crippen LogP contribution in [-0.2, 0) is 16.1 Å². The molecule has 0 aromatic heterocycles. The first kappa shape index (κ1) is 15.5. The molecule has 1 fully saturated rings. The zero-order chi connectivity index (χ0) is 16.4. The van der Waals surface area contributed by atoms with Gasteiger partial charge < -0.3 is 15.0 Å². The fourth-order valence-corrected chi connectivity index (χ4v) is 2.96. The van der Waals surface area contributed by atoms with E-state index in [4.69, 9.17) is 4.74 Å². The van der Waals surface area contributed by atoms with Crippen molar-refractivity contribution in [2.45, 2.75) is 25.4 Å². The standard InChI is InChI=1S/C16H19N3O4/c1-17-7-8-23-13-4-2-3-10-11(13)9-19(16(10)22)12-5-6-14(20)18-15(12)21/h2-4,12,17H,5-9H2,1H3,(H,18,20,21). The molecule has 1 aromatic rings. The molecule has 7 heteroatoms. The molecular formula is C16H19N3O4. The predicted octanol–water partition coefficient (Wildman–Crippen LogP) is 0.0458. The highest BCUT2D eigenvalue weighted by molar-refractivity contribution is 6.05. The van der Waals surface area contributed by atoms with Gasteiger partial charge in [-0.1, -0.05) is 6.07 Å². The Morgan fingerprint density at radius 1 is 1.35 bits per heavy atom. The number of piperidine rings is 1. The average molecular weight is 317 g/mol. The monoisotopic (exact) mass is 317 g/mol. The highest BCUT2D eigenvalue weighted by Crippen LogP contribution is 2.33. The number of nitrogens with one attached hydrogen (secondary N) is 2. The van der Waals surface area contributed by atoms with Crippen molar-refractivity contribution in [3.63, 3.8) is 0 Å². The van der Waals surface area contributed by atoms with Gasteiger partial charge in [-0.3, -0.25) is 19.7 Å². The molecule has 3 amide bonds. The number of carbonyl (C=O) groups is 3. The highest BCUT2D eigenvalue weighted by Gasteiger charge is 2.40. The minimum absolute atomic E-state index is 0.187. The van der Waals surface area contributed by atoms with Gasteiger partial charge in [0, 0.05) is 24.1 Å². The molecule has 122 valence electrons. The van der Waals surface area contributed by atoms with Crippen molar-refractivity contribution in [1.29, 1.82) is 0 Å². The molecule has 1 atom stereocenters. The normalized spacial score (nSPS) is 20.5. The van der Waals surface area contributed by atoms with Gasteiger partial charge in [0.05, 0.1) is 6.54 Å². The van der Waals surface area contributed by atoms with E-state index >= 15 is 0 Å². The number of amides is 3. The van der Waals surface area contributed by atoms with Crippen LogP contribution in [-0.4, -0.2) is 48.9 Å². The second-order valence-corrected chi connectivity index (χ2v) is 5.63. The van der Waals surface area contributed by atoms with Crippen LogP contribution in [0.2, 0.25) is 0 Å². The van der Waals surface area contributed by atoms with Crippen LogP contribution < -0.4 is 15.4 Å². The molecule has 1 saturated heterocycles. The molecule has 1 aromatic carbocycles. The Hall–Kier alpha value is -2.41. The summed E-state index contributed by atoms with van der Waals surface area (Å²) in [4.78, 5) is 37.4. The summed E-state index contributed by atoms with van der Waals surface area (Å²) in [5.41, 5.74) is 1.37. The van der Waals surface area contributed by atoms with Crippen molar-refractivity contribution in [3.8, 4) is 5.75 Å². The summed E-state index contributed by atoms with van der Waals surface area (Å²) in [6, 6.07) is 4.75. The first-order chi connectivity index (χ1) is 11.1. The average Bonchev–Trinajstić information content (AvgIpc) is 2.86. The minimum Gasteiger partial charge on any atom is -0.492 e. The van der Waals surface area contributed by atoms with E-state index in [0.717, 1.165) is 5.56 Å². The largest absolute Gasteiger partial charge is 0.492 e. The van der Waals surface area contributed by atoms with E-state index in [1.165, 1.54) is 4.90 Å². The summed E-state index contributed by atoms with van der Waals surface area (Å²) in [7, 11) is 1.84. The van der Waals surface area contributed by atoms with Gasteiger partial charge >= 0.3 is 0 Å². The number of benzene rings is 1. The fraction of sp³-hybridized carbons (Fsp3) is 0.438. The zero-order valence-electron chi connectivity index (χ0n) is 12.9. The molecule has 2 heterocycles. The van der Waals surface area contributed by atoms with Crippen molar-refractivity contribution >= 4 is 17.7 Å². The molecule has 23 heavy (non-hydrogen) atoms. The maximum atomic E-state index is 12.6. The lowest BCUT2D eigenvalue weighted by molar-refractivity contribution is -0.136. The summed E-state index contributed by atoms with van der Waals surface area (Å²) in [5, 5.41) is 5.30. The van der Waals surface area contributed by atoms with E-state index in [1.54, 1.807) is 12.1 Å². The lowest BCUT2D eigenvalue weighted by Gasteiger charge is -2.29. The number of ether oxygens (including phenoxy) is 1. The smallest absolute Gasteiger partial charge is 0.255 e. The second kappa shape index (κ2) is 6.37. The molecule has 1 unspecified atom stereocenters. The van der Waals surface area contributed by atoms with Crippen molar-refractivity contribution in [3.05, 3.63) is 29.3 Å². The number of nitrogens with zero attached hydrogens (tertiary/aromatic N) is 1. The second-order valence-electron chi connectivity index (χ2n) is 5.63. The Morgan fingerprint density at radius 3 is 2.91 bits per heavy atom. The van der Waals surface area contributed by atoms with Crippen LogP contribution in [0.4, 0.5) is 0 Å². The number of rotatable bonds is 5. The Balaban J connectivity index is 1.80. The van der Waals surface area contributed by atoms with E-state index in [9.17, 15) is 14.4 Å². The number of hydrogen-bond donors (Lipinski definition) is 2. The molecule has 3 rings (SSSR count). The Kier molecular flexibility index (Phi) is 4.29. The van der Waals surface area contributed by atoms with E-state index in [0.29, 0.717) is 37.4 Å². The van der Waals surface area contributed by atoms with Gasteiger partial charge in [-0.25, -0.2) is 0 Å². The molecular weight excluding hydrogens is 298 g/mol. The first-order valence-corrected chi connectivity index (χ1v) is 7.65. The Morgan fingerprint density at radius 2 is 2.17 bits per heavy atom. The van der Waals surface area contributed by atoms with Gasteiger partial charge in [-0.2, -0.15) is 0 Å². The van der Waals surface area contributed by atoms with Crippen molar-refractivity contribution < 1.29 is 19.1 Å². The zero-order valence-corrected chi connectivity index (χ0v) is 12.9. The summed E-state index contributed by atoms with van der Waals surface area (Å²) in [5.74, 6) is -0.207. The Bertz CT molecular complexity index is 659. The van der Waals surface area contributed by atoms with Crippen LogP contribution in [0, 0.1) is 0 Å². The lowest BCUT2D eigenvalue weighted by Crippen LogP contribution is -2.52. The molecule has 2 N–H and O–H groups in total. The van der Waals surface area contributed by atoms with Crippen molar-refractivity contribution in [2.24, 2.45) is 0 Å². The van der Waals surface area contributed by atoms with E-state index in [-0.39, 0.29) is 18.2 Å². The first-order valence-electron chi connectivity index (χ1n) is 7.65. The van der Waals surface area contributed by atoms with Gasteiger partial charge in [-0.05, 0) is 25.6 Å². The fourth-order valence-electron chi connectivity index (χ4n) is 2.96. The van der Waals surface area contributed by atoms with Gasteiger partial charge in [-0.15, -0.1) is 0 Å². The maximum Gasteiger partial charge on any atom is 0.255 e. The molecule has 2 aliphatic rings. The molecule has 0 radical (unpaired) electrons. The minimum atomic E-state index is -0.599. The van der Waals surface area contributed by atoms with Crippen LogP contribution in [0.3, 0.4) is 0 Å². The maximum absolute atomic E-state index is 12.6. The predicted molar refractivity (Wildman–Crippen MR) is 81.9 cm³/mol. The van der Waals surface area contributed by atoms with Crippen LogP contribution in [0.15, 0.2) is 18.2 Å².